The Labute approximate surface area is 114 Å². The minimum atomic E-state index is -0.394. The van der Waals surface area contributed by atoms with Crippen molar-refractivity contribution in [3.8, 4) is 0 Å². The average Bonchev–Trinajstić information content (AvgIpc) is 2.87. The van der Waals surface area contributed by atoms with Crippen molar-refractivity contribution >= 4 is 12.0 Å². The first-order valence-corrected chi connectivity index (χ1v) is 6.81. The third kappa shape index (κ3) is 3.67. The Kier molecular flexibility index (Phi) is 4.38. The average molecular weight is 259 g/mol. The van der Waals surface area contributed by atoms with Crippen molar-refractivity contribution in [2.75, 3.05) is 6.61 Å². The summed E-state index contributed by atoms with van der Waals surface area (Å²) < 4.78 is 0. The number of nitrogens with one attached hydrogen (secondary N) is 1. The molecule has 1 aliphatic carbocycles. The number of aliphatic hydroxyl groups excluding tert-OH is 1. The Morgan fingerprint density at radius 3 is 2.53 bits per heavy atom. The van der Waals surface area contributed by atoms with Crippen LogP contribution in [0.1, 0.15) is 36.8 Å². The SMILES string of the molecule is Cc1ccc(/C=C/C(=O)NC2(CO)CCCC2)cc1. The van der Waals surface area contributed by atoms with Gasteiger partial charge in [-0.2, -0.15) is 0 Å². The zero-order chi connectivity index (χ0) is 13.7. The van der Waals surface area contributed by atoms with E-state index in [0.717, 1.165) is 31.2 Å². The van der Waals surface area contributed by atoms with E-state index in [1.54, 1.807) is 12.2 Å². The van der Waals surface area contributed by atoms with Gasteiger partial charge in [0.15, 0.2) is 0 Å². The summed E-state index contributed by atoms with van der Waals surface area (Å²) in [5.74, 6) is -0.128. The van der Waals surface area contributed by atoms with Crippen LogP contribution in [0.25, 0.3) is 6.08 Å². The Hall–Kier alpha value is -1.61. The number of hydrogen-bond acceptors (Lipinski definition) is 2. The number of rotatable bonds is 4. The van der Waals surface area contributed by atoms with Crippen LogP contribution in [0.2, 0.25) is 0 Å². The maximum absolute atomic E-state index is 11.9. The van der Waals surface area contributed by atoms with Crippen LogP contribution in [0.15, 0.2) is 30.3 Å². The highest BCUT2D eigenvalue weighted by molar-refractivity contribution is 5.92. The smallest absolute Gasteiger partial charge is 0.244 e. The molecule has 0 aromatic heterocycles. The van der Waals surface area contributed by atoms with E-state index in [4.69, 9.17) is 0 Å². The van der Waals surface area contributed by atoms with Crippen molar-refractivity contribution in [2.24, 2.45) is 0 Å². The summed E-state index contributed by atoms with van der Waals surface area (Å²) in [4.78, 5) is 11.9. The van der Waals surface area contributed by atoms with E-state index >= 15 is 0 Å². The Morgan fingerprint density at radius 1 is 1.32 bits per heavy atom. The number of amides is 1. The van der Waals surface area contributed by atoms with Gasteiger partial charge in [0, 0.05) is 6.08 Å². The van der Waals surface area contributed by atoms with E-state index in [1.807, 2.05) is 31.2 Å². The Bertz CT molecular complexity index is 456. The molecule has 0 aliphatic heterocycles. The standard InChI is InChI=1S/C16H21NO2/c1-13-4-6-14(7-5-13)8-9-15(19)17-16(12-18)10-2-3-11-16/h4-9,18H,2-3,10-12H2,1H3,(H,17,19)/b9-8+. The zero-order valence-electron chi connectivity index (χ0n) is 11.4. The summed E-state index contributed by atoms with van der Waals surface area (Å²) in [7, 11) is 0. The normalized spacial score (nSPS) is 17.8. The van der Waals surface area contributed by atoms with Crippen LogP contribution < -0.4 is 5.32 Å². The van der Waals surface area contributed by atoms with Gasteiger partial charge in [0.05, 0.1) is 12.1 Å². The molecule has 0 spiro atoms. The van der Waals surface area contributed by atoms with Gasteiger partial charge in [0.2, 0.25) is 5.91 Å². The van der Waals surface area contributed by atoms with Crippen molar-refractivity contribution < 1.29 is 9.90 Å². The van der Waals surface area contributed by atoms with E-state index < -0.39 is 5.54 Å². The third-order valence-corrected chi connectivity index (χ3v) is 3.76. The lowest BCUT2D eigenvalue weighted by molar-refractivity contribution is -0.118. The number of aliphatic hydroxyl groups is 1. The molecule has 0 bridgehead atoms. The fourth-order valence-corrected chi connectivity index (χ4v) is 2.53. The highest BCUT2D eigenvalue weighted by atomic mass is 16.3. The fourth-order valence-electron chi connectivity index (χ4n) is 2.53. The number of benzene rings is 1. The number of carbonyl (C=O) groups excluding carboxylic acids is 1. The molecule has 0 atom stereocenters. The van der Waals surface area contributed by atoms with Crippen LogP contribution in [0.3, 0.4) is 0 Å². The summed E-state index contributed by atoms with van der Waals surface area (Å²) in [6.07, 6.45) is 7.22. The van der Waals surface area contributed by atoms with E-state index in [2.05, 4.69) is 5.32 Å². The van der Waals surface area contributed by atoms with Crippen molar-refractivity contribution in [2.45, 2.75) is 38.1 Å². The molecule has 2 N–H and O–H groups in total. The molecule has 1 amide bonds. The molecule has 0 radical (unpaired) electrons. The molecule has 3 nitrogen and oxygen atoms in total. The van der Waals surface area contributed by atoms with E-state index in [0.29, 0.717) is 0 Å². The molecule has 2 rings (SSSR count). The molecule has 0 saturated heterocycles. The van der Waals surface area contributed by atoms with Gasteiger partial charge in [-0.15, -0.1) is 0 Å². The van der Waals surface area contributed by atoms with Crippen molar-refractivity contribution in [3.63, 3.8) is 0 Å². The zero-order valence-corrected chi connectivity index (χ0v) is 11.4. The second-order valence-electron chi connectivity index (χ2n) is 5.38. The van der Waals surface area contributed by atoms with Crippen molar-refractivity contribution in [1.82, 2.24) is 5.32 Å². The van der Waals surface area contributed by atoms with Gasteiger partial charge in [0.25, 0.3) is 0 Å². The summed E-state index contributed by atoms with van der Waals surface area (Å²) in [5.41, 5.74) is 1.81. The minimum absolute atomic E-state index is 0.0249. The molecule has 1 saturated carbocycles. The van der Waals surface area contributed by atoms with Crippen LogP contribution in [0.4, 0.5) is 0 Å². The highest BCUT2D eigenvalue weighted by Crippen LogP contribution is 2.29. The molecule has 102 valence electrons. The summed E-state index contributed by atoms with van der Waals surface area (Å²) in [6.45, 7) is 2.06. The number of aryl methyl sites for hydroxylation is 1. The third-order valence-electron chi connectivity index (χ3n) is 3.76. The van der Waals surface area contributed by atoms with E-state index in [1.165, 1.54) is 5.56 Å². The lowest BCUT2D eigenvalue weighted by Gasteiger charge is -2.27. The molecule has 0 unspecified atom stereocenters. The van der Waals surface area contributed by atoms with Gasteiger partial charge in [-0.1, -0.05) is 42.7 Å². The first-order chi connectivity index (χ1) is 9.13. The lowest BCUT2D eigenvalue weighted by atomic mass is 9.99. The first kappa shape index (κ1) is 13.8. The minimum Gasteiger partial charge on any atom is -0.394 e. The molecule has 1 fully saturated rings. The fraction of sp³-hybridized carbons (Fsp3) is 0.438. The molecule has 1 aliphatic rings. The van der Waals surface area contributed by atoms with Crippen LogP contribution in [0, 0.1) is 6.92 Å². The Balaban J connectivity index is 1.95. The van der Waals surface area contributed by atoms with Gasteiger partial charge in [-0.25, -0.2) is 0 Å². The van der Waals surface area contributed by atoms with E-state index in [-0.39, 0.29) is 12.5 Å². The molecular weight excluding hydrogens is 238 g/mol. The second-order valence-corrected chi connectivity index (χ2v) is 5.38. The van der Waals surface area contributed by atoms with Crippen LogP contribution in [-0.4, -0.2) is 23.2 Å². The van der Waals surface area contributed by atoms with Gasteiger partial charge in [-0.05, 0) is 31.4 Å². The van der Waals surface area contributed by atoms with Gasteiger partial charge < -0.3 is 10.4 Å². The second kappa shape index (κ2) is 6.02. The molecule has 1 aromatic carbocycles. The maximum atomic E-state index is 11.9. The van der Waals surface area contributed by atoms with Gasteiger partial charge in [-0.3, -0.25) is 4.79 Å². The van der Waals surface area contributed by atoms with Crippen LogP contribution in [-0.2, 0) is 4.79 Å². The van der Waals surface area contributed by atoms with Crippen LogP contribution in [0.5, 0.6) is 0 Å². The van der Waals surface area contributed by atoms with Gasteiger partial charge >= 0.3 is 0 Å². The topological polar surface area (TPSA) is 49.3 Å². The largest absolute Gasteiger partial charge is 0.394 e. The summed E-state index contributed by atoms with van der Waals surface area (Å²) in [6, 6.07) is 8.00. The monoisotopic (exact) mass is 259 g/mol. The molecular formula is C16H21NO2. The number of hydrogen-bond donors (Lipinski definition) is 2. The Morgan fingerprint density at radius 2 is 1.95 bits per heavy atom. The highest BCUT2D eigenvalue weighted by Gasteiger charge is 2.33. The first-order valence-electron chi connectivity index (χ1n) is 6.81. The predicted molar refractivity (Wildman–Crippen MR) is 76.6 cm³/mol. The van der Waals surface area contributed by atoms with Gasteiger partial charge in [0.1, 0.15) is 0 Å². The number of carbonyl (C=O) groups is 1. The predicted octanol–water partition coefficient (Wildman–Crippen LogP) is 2.43. The lowest BCUT2D eigenvalue weighted by Crippen LogP contribution is -2.48. The molecule has 0 heterocycles. The van der Waals surface area contributed by atoms with Crippen molar-refractivity contribution in [3.05, 3.63) is 41.5 Å². The van der Waals surface area contributed by atoms with Crippen molar-refractivity contribution in [1.29, 1.82) is 0 Å². The quantitative estimate of drug-likeness (QED) is 0.816. The maximum Gasteiger partial charge on any atom is 0.244 e. The summed E-state index contributed by atoms with van der Waals surface area (Å²) in [5, 5.41) is 12.4. The summed E-state index contributed by atoms with van der Waals surface area (Å²) >= 11 is 0. The molecule has 1 aromatic rings. The van der Waals surface area contributed by atoms with E-state index in [9.17, 15) is 9.90 Å². The molecule has 3 heteroatoms. The van der Waals surface area contributed by atoms with Crippen LogP contribution >= 0.6 is 0 Å². The molecule has 19 heavy (non-hydrogen) atoms.